The van der Waals surface area contributed by atoms with Crippen molar-refractivity contribution < 1.29 is 4.42 Å². The van der Waals surface area contributed by atoms with Gasteiger partial charge in [0.25, 0.3) is 0 Å². The molecule has 0 bridgehead atoms. The van der Waals surface area contributed by atoms with Crippen molar-refractivity contribution in [3.05, 3.63) is 22.6 Å². The zero-order chi connectivity index (χ0) is 9.14. The van der Waals surface area contributed by atoms with Gasteiger partial charge in [-0.3, -0.25) is 0 Å². The summed E-state index contributed by atoms with van der Waals surface area (Å²) < 4.78 is 5.38. The Balaban J connectivity index is 2.75. The van der Waals surface area contributed by atoms with Crippen LogP contribution in [0.5, 0.6) is 0 Å². The molecule has 0 saturated heterocycles. The van der Waals surface area contributed by atoms with E-state index >= 15 is 0 Å². The van der Waals surface area contributed by atoms with Gasteiger partial charge in [0.2, 0.25) is 0 Å². The van der Waals surface area contributed by atoms with Crippen molar-refractivity contribution in [3.63, 3.8) is 0 Å². The molecule has 1 heterocycles. The average molecular weight is 189 g/mol. The minimum atomic E-state index is 0.353. The first-order valence-corrected chi connectivity index (χ1v) is 4.13. The fraction of sp³-hybridized carbons (Fsp3) is 0.500. The molecular weight excluding hydrogens is 176 g/mol. The van der Waals surface area contributed by atoms with Gasteiger partial charge in [0.05, 0.1) is 18.1 Å². The lowest BCUT2D eigenvalue weighted by Gasteiger charge is -2.05. The molecule has 0 atom stereocenters. The molecule has 12 heavy (non-hydrogen) atoms. The fourth-order valence-corrected chi connectivity index (χ4v) is 1.22. The Morgan fingerprint density at radius 3 is 2.67 bits per heavy atom. The third kappa shape index (κ3) is 2.24. The van der Waals surface area contributed by atoms with Crippen LogP contribution in [0.2, 0.25) is 5.02 Å². The van der Waals surface area contributed by atoms with Crippen LogP contribution < -0.4 is 5.73 Å². The fourth-order valence-electron chi connectivity index (χ4n) is 0.987. The number of nitrogens with zero attached hydrogens (tertiary/aromatic N) is 1. The number of rotatable bonds is 3. The first kappa shape index (κ1) is 9.58. The van der Waals surface area contributed by atoms with E-state index in [1.165, 1.54) is 0 Å². The van der Waals surface area contributed by atoms with Crippen molar-refractivity contribution in [2.45, 2.75) is 13.1 Å². The van der Waals surface area contributed by atoms with Crippen molar-refractivity contribution in [1.29, 1.82) is 0 Å². The molecule has 0 saturated carbocycles. The molecule has 0 aromatic carbocycles. The van der Waals surface area contributed by atoms with Crippen LogP contribution in [0.3, 0.4) is 0 Å². The highest BCUT2D eigenvalue weighted by atomic mass is 35.5. The van der Waals surface area contributed by atoms with E-state index in [4.69, 9.17) is 21.8 Å². The minimum absolute atomic E-state index is 0.353. The van der Waals surface area contributed by atoms with Gasteiger partial charge in [-0.05, 0) is 20.2 Å². The maximum absolute atomic E-state index is 5.84. The largest absolute Gasteiger partial charge is 0.462 e. The van der Waals surface area contributed by atoms with Gasteiger partial charge in [-0.1, -0.05) is 11.6 Å². The average Bonchev–Trinajstić information content (AvgIpc) is 2.29. The number of halogens is 1. The molecule has 4 heteroatoms. The van der Waals surface area contributed by atoms with E-state index in [9.17, 15) is 0 Å². The van der Waals surface area contributed by atoms with E-state index in [0.717, 1.165) is 12.3 Å². The summed E-state index contributed by atoms with van der Waals surface area (Å²) in [6, 6.07) is 1.81. The van der Waals surface area contributed by atoms with E-state index in [1.54, 1.807) is 0 Å². The van der Waals surface area contributed by atoms with Crippen LogP contribution in [-0.4, -0.2) is 19.0 Å². The maximum atomic E-state index is 5.84. The van der Waals surface area contributed by atoms with E-state index in [0.29, 0.717) is 17.3 Å². The molecule has 1 aromatic rings. The summed E-state index contributed by atoms with van der Waals surface area (Å²) in [7, 11) is 3.94. The lowest BCUT2D eigenvalue weighted by atomic mass is 10.4. The Morgan fingerprint density at radius 2 is 2.25 bits per heavy atom. The number of nitrogens with two attached hydrogens (primary N) is 1. The Morgan fingerprint density at radius 1 is 1.58 bits per heavy atom. The zero-order valence-electron chi connectivity index (χ0n) is 7.30. The van der Waals surface area contributed by atoms with Crippen molar-refractivity contribution >= 4 is 11.6 Å². The summed E-state index contributed by atoms with van der Waals surface area (Å²) in [5, 5.41) is 0.620. The van der Waals surface area contributed by atoms with Gasteiger partial charge in [0, 0.05) is 0 Å². The number of hydrogen-bond donors (Lipinski definition) is 1. The number of hydrogen-bond acceptors (Lipinski definition) is 3. The molecule has 3 nitrogen and oxygen atoms in total. The van der Waals surface area contributed by atoms with Crippen molar-refractivity contribution in [1.82, 2.24) is 4.90 Å². The smallest absolute Gasteiger partial charge is 0.136 e. The van der Waals surface area contributed by atoms with E-state index in [2.05, 4.69) is 0 Å². The zero-order valence-corrected chi connectivity index (χ0v) is 8.06. The van der Waals surface area contributed by atoms with Crippen LogP contribution >= 0.6 is 11.6 Å². The van der Waals surface area contributed by atoms with Crippen molar-refractivity contribution in [2.24, 2.45) is 5.73 Å². The van der Waals surface area contributed by atoms with Crippen LogP contribution in [0, 0.1) is 0 Å². The predicted molar refractivity (Wildman–Crippen MR) is 49.0 cm³/mol. The summed E-state index contributed by atoms with van der Waals surface area (Å²) in [5.74, 6) is 1.51. The quantitative estimate of drug-likeness (QED) is 0.781. The molecule has 0 aliphatic heterocycles. The highest BCUT2D eigenvalue weighted by Gasteiger charge is 2.07. The van der Waals surface area contributed by atoms with Crippen LogP contribution in [-0.2, 0) is 13.1 Å². The monoisotopic (exact) mass is 188 g/mol. The summed E-state index contributed by atoms with van der Waals surface area (Å²) >= 11 is 5.84. The number of furan rings is 1. The minimum Gasteiger partial charge on any atom is -0.462 e. The standard InChI is InChI=1S/C8H13ClN2O/c1-11(2)5-6-3-7(9)8(4-10)12-6/h3H,4-5,10H2,1-2H3. The first-order chi connectivity index (χ1) is 5.63. The van der Waals surface area contributed by atoms with E-state index in [-0.39, 0.29) is 0 Å². The Kier molecular flexibility index (Phi) is 3.14. The van der Waals surface area contributed by atoms with Crippen molar-refractivity contribution in [2.75, 3.05) is 14.1 Å². The van der Waals surface area contributed by atoms with Gasteiger partial charge in [-0.25, -0.2) is 0 Å². The molecule has 1 rings (SSSR count). The van der Waals surface area contributed by atoms with Gasteiger partial charge in [0.15, 0.2) is 0 Å². The lowest BCUT2D eigenvalue weighted by Crippen LogP contribution is -2.09. The topological polar surface area (TPSA) is 42.4 Å². The van der Waals surface area contributed by atoms with E-state index < -0.39 is 0 Å². The maximum Gasteiger partial charge on any atom is 0.136 e. The molecule has 0 fully saturated rings. The van der Waals surface area contributed by atoms with Crippen molar-refractivity contribution in [3.8, 4) is 0 Å². The highest BCUT2D eigenvalue weighted by Crippen LogP contribution is 2.20. The SMILES string of the molecule is CN(C)Cc1cc(Cl)c(CN)o1. The molecule has 0 spiro atoms. The molecule has 68 valence electrons. The second kappa shape index (κ2) is 3.94. The Bertz CT molecular complexity index is 258. The normalized spacial score (nSPS) is 11.1. The van der Waals surface area contributed by atoms with Crippen LogP contribution in [0.15, 0.2) is 10.5 Å². The Hall–Kier alpha value is -0.510. The molecule has 0 amide bonds. The predicted octanol–water partition coefficient (Wildman–Crippen LogP) is 1.45. The lowest BCUT2D eigenvalue weighted by molar-refractivity contribution is 0.342. The molecule has 0 aliphatic rings. The van der Waals surface area contributed by atoms with Gasteiger partial charge >= 0.3 is 0 Å². The summed E-state index contributed by atoms with van der Waals surface area (Å²) in [6.07, 6.45) is 0. The third-order valence-corrected chi connectivity index (χ3v) is 1.79. The highest BCUT2D eigenvalue weighted by molar-refractivity contribution is 6.31. The van der Waals surface area contributed by atoms with Gasteiger partial charge in [0.1, 0.15) is 11.5 Å². The molecule has 2 N–H and O–H groups in total. The summed E-state index contributed by atoms with van der Waals surface area (Å²) in [4.78, 5) is 2.01. The van der Waals surface area contributed by atoms with Crippen LogP contribution in [0.1, 0.15) is 11.5 Å². The van der Waals surface area contributed by atoms with E-state index in [1.807, 2.05) is 25.1 Å². The molecule has 0 aliphatic carbocycles. The molecule has 0 radical (unpaired) electrons. The first-order valence-electron chi connectivity index (χ1n) is 3.75. The molecule has 1 aromatic heterocycles. The van der Waals surface area contributed by atoms with Gasteiger partial charge < -0.3 is 15.1 Å². The second-order valence-electron chi connectivity index (χ2n) is 2.93. The van der Waals surface area contributed by atoms with Crippen LogP contribution in [0.4, 0.5) is 0 Å². The van der Waals surface area contributed by atoms with Gasteiger partial charge in [-0.2, -0.15) is 0 Å². The second-order valence-corrected chi connectivity index (χ2v) is 3.33. The Labute approximate surface area is 77.1 Å². The summed E-state index contributed by atoms with van der Waals surface area (Å²) in [6.45, 7) is 1.10. The summed E-state index contributed by atoms with van der Waals surface area (Å²) in [5.41, 5.74) is 5.40. The van der Waals surface area contributed by atoms with Gasteiger partial charge in [-0.15, -0.1) is 0 Å². The molecule has 0 unspecified atom stereocenters. The molecular formula is C8H13ClN2O. The van der Waals surface area contributed by atoms with Crippen LogP contribution in [0.25, 0.3) is 0 Å². The third-order valence-electron chi connectivity index (χ3n) is 1.47.